The van der Waals surface area contributed by atoms with E-state index >= 15 is 0 Å². The lowest BCUT2D eigenvalue weighted by molar-refractivity contribution is 0.0246. The van der Waals surface area contributed by atoms with Crippen LogP contribution in [0.2, 0.25) is 0 Å². The summed E-state index contributed by atoms with van der Waals surface area (Å²) in [5.74, 6) is -0.411. The highest BCUT2D eigenvalue weighted by atomic mass is 16.5. The molecule has 0 saturated carbocycles. The zero-order chi connectivity index (χ0) is 16.9. The molecule has 130 valence electrons. The number of carbonyl (C=O) groups excluding carboxylic acids is 1. The smallest absolute Gasteiger partial charge is 0.342 e. The van der Waals surface area contributed by atoms with Crippen LogP contribution in [0.1, 0.15) is 88.4 Å². The van der Waals surface area contributed by atoms with Gasteiger partial charge in [0.05, 0.1) is 0 Å². The molecule has 0 heterocycles. The van der Waals surface area contributed by atoms with E-state index in [1.54, 1.807) is 18.2 Å². The highest BCUT2D eigenvalue weighted by molar-refractivity contribution is 5.92. The first-order valence-corrected chi connectivity index (χ1v) is 9.18. The van der Waals surface area contributed by atoms with Crippen molar-refractivity contribution in [2.45, 2.75) is 84.2 Å². The highest BCUT2D eigenvalue weighted by Crippen LogP contribution is 2.21. The number of unbranched alkanes of at least 4 members (excludes halogenated alkanes) is 6. The third-order valence-electron chi connectivity index (χ3n) is 4.16. The van der Waals surface area contributed by atoms with Gasteiger partial charge < -0.3 is 9.84 Å². The summed E-state index contributed by atoms with van der Waals surface area (Å²) < 4.78 is 5.67. The number of phenolic OH excluding ortho intramolecular Hbond substituents is 1. The normalized spacial score (nSPS) is 12.1. The molecule has 1 atom stereocenters. The maximum Gasteiger partial charge on any atom is 0.342 e. The molecule has 0 aliphatic carbocycles. The molecule has 0 saturated heterocycles. The predicted molar refractivity (Wildman–Crippen MR) is 94.8 cm³/mol. The molecule has 0 aliphatic rings. The molecule has 0 aliphatic heterocycles. The van der Waals surface area contributed by atoms with Gasteiger partial charge in [0.25, 0.3) is 0 Å². The fourth-order valence-electron chi connectivity index (χ4n) is 2.72. The topological polar surface area (TPSA) is 46.5 Å². The van der Waals surface area contributed by atoms with Gasteiger partial charge in [0.1, 0.15) is 17.4 Å². The molecule has 1 N–H and O–H groups in total. The molecule has 0 aromatic heterocycles. The van der Waals surface area contributed by atoms with Crippen molar-refractivity contribution in [3.05, 3.63) is 29.8 Å². The second-order valence-corrected chi connectivity index (χ2v) is 6.24. The van der Waals surface area contributed by atoms with Crippen molar-refractivity contribution < 1.29 is 14.6 Å². The molecular weight excluding hydrogens is 288 g/mol. The van der Waals surface area contributed by atoms with Crippen LogP contribution in [0.25, 0.3) is 0 Å². The number of benzene rings is 1. The van der Waals surface area contributed by atoms with E-state index in [0.717, 1.165) is 32.1 Å². The van der Waals surface area contributed by atoms with Gasteiger partial charge in [0, 0.05) is 0 Å². The third-order valence-corrected chi connectivity index (χ3v) is 4.16. The van der Waals surface area contributed by atoms with Crippen molar-refractivity contribution in [1.29, 1.82) is 0 Å². The summed E-state index contributed by atoms with van der Waals surface area (Å²) in [7, 11) is 0. The van der Waals surface area contributed by atoms with E-state index in [4.69, 9.17) is 4.74 Å². The van der Waals surface area contributed by atoms with Crippen molar-refractivity contribution in [3.63, 3.8) is 0 Å². The molecule has 3 heteroatoms. The molecule has 0 amide bonds. The molecule has 1 unspecified atom stereocenters. The lowest BCUT2D eigenvalue weighted by Crippen LogP contribution is -2.18. The molecule has 0 radical (unpaired) electrons. The maximum absolute atomic E-state index is 12.3. The number of para-hydroxylation sites is 1. The van der Waals surface area contributed by atoms with Crippen LogP contribution in [-0.4, -0.2) is 17.2 Å². The fraction of sp³-hybridized carbons (Fsp3) is 0.650. The number of phenols is 1. The Labute approximate surface area is 141 Å². The summed E-state index contributed by atoms with van der Waals surface area (Å²) in [5.41, 5.74) is 0.263. The van der Waals surface area contributed by atoms with Crippen LogP contribution < -0.4 is 0 Å². The van der Waals surface area contributed by atoms with Crippen LogP contribution in [0.4, 0.5) is 0 Å². The Kier molecular flexibility index (Phi) is 10.2. The first kappa shape index (κ1) is 19.5. The molecule has 0 bridgehead atoms. The maximum atomic E-state index is 12.3. The summed E-state index contributed by atoms with van der Waals surface area (Å²) in [6, 6.07) is 6.58. The number of aromatic hydroxyl groups is 1. The second kappa shape index (κ2) is 12.0. The molecule has 23 heavy (non-hydrogen) atoms. The summed E-state index contributed by atoms with van der Waals surface area (Å²) in [6.07, 6.45) is 11.3. The molecule has 0 fully saturated rings. The highest BCUT2D eigenvalue weighted by Gasteiger charge is 2.18. The van der Waals surface area contributed by atoms with Gasteiger partial charge in [-0.2, -0.15) is 0 Å². The number of hydrogen-bond donors (Lipinski definition) is 1. The van der Waals surface area contributed by atoms with E-state index in [0.29, 0.717) is 0 Å². The fourth-order valence-corrected chi connectivity index (χ4v) is 2.72. The lowest BCUT2D eigenvalue weighted by Gasteiger charge is -2.18. The van der Waals surface area contributed by atoms with Crippen molar-refractivity contribution in [3.8, 4) is 5.75 Å². The Morgan fingerprint density at radius 2 is 1.52 bits per heavy atom. The van der Waals surface area contributed by atoms with Crippen LogP contribution in [-0.2, 0) is 4.74 Å². The van der Waals surface area contributed by atoms with Gasteiger partial charge in [0.15, 0.2) is 0 Å². The number of hydrogen-bond acceptors (Lipinski definition) is 3. The molecule has 0 spiro atoms. The summed E-state index contributed by atoms with van der Waals surface area (Å²) >= 11 is 0. The van der Waals surface area contributed by atoms with Crippen molar-refractivity contribution in [2.24, 2.45) is 0 Å². The van der Waals surface area contributed by atoms with E-state index < -0.39 is 5.97 Å². The lowest BCUT2D eigenvalue weighted by atomic mass is 10.0. The van der Waals surface area contributed by atoms with Crippen LogP contribution in [0.5, 0.6) is 5.75 Å². The predicted octanol–water partition coefficient (Wildman–Crippen LogP) is 5.86. The molecule has 1 aromatic rings. The largest absolute Gasteiger partial charge is 0.507 e. The average molecular weight is 320 g/mol. The Hall–Kier alpha value is -1.51. The minimum absolute atomic E-state index is 0.00671. The molecule has 3 nitrogen and oxygen atoms in total. The van der Waals surface area contributed by atoms with Gasteiger partial charge in [-0.25, -0.2) is 4.79 Å². The van der Waals surface area contributed by atoms with Crippen molar-refractivity contribution in [2.75, 3.05) is 0 Å². The zero-order valence-corrected chi connectivity index (χ0v) is 14.7. The molecular formula is C20H32O3. The van der Waals surface area contributed by atoms with Crippen molar-refractivity contribution >= 4 is 5.97 Å². The van der Waals surface area contributed by atoms with Gasteiger partial charge in [0.2, 0.25) is 0 Å². The Morgan fingerprint density at radius 1 is 0.957 bits per heavy atom. The molecule has 1 rings (SSSR count). The van der Waals surface area contributed by atoms with Crippen LogP contribution in [0.3, 0.4) is 0 Å². The monoisotopic (exact) mass is 320 g/mol. The second-order valence-electron chi connectivity index (χ2n) is 6.24. The van der Waals surface area contributed by atoms with Crippen LogP contribution >= 0.6 is 0 Å². The van der Waals surface area contributed by atoms with Gasteiger partial charge in [-0.05, 0) is 37.8 Å². The van der Waals surface area contributed by atoms with E-state index in [2.05, 4.69) is 13.8 Å². The van der Waals surface area contributed by atoms with Crippen LogP contribution in [0.15, 0.2) is 24.3 Å². The molecule has 1 aromatic carbocycles. The van der Waals surface area contributed by atoms with Gasteiger partial charge in [-0.3, -0.25) is 0 Å². The summed E-state index contributed by atoms with van der Waals surface area (Å²) in [4.78, 5) is 12.3. The Bertz CT molecular complexity index is 442. The Balaban J connectivity index is 2.50. The van der Waals surface area contributed by atoms with Gasteiger partial charge in [-0.1, -0.05) is 64.5 Å². The SMILES string of the molecule is CCCCCCCC(CCCCC)OC(=O)c1ccccc1O. The van der Waals surface area contributed by atoms with E-state index in [1.807, 2.05) is 0 Å². The first-order chi connectivity index (χ1) is 11.2. The average Bonchev–Trinajstić information content (AvgIpc) is 2.55. The number of rotatable bonds is 12. The van der Waals surface area contributed by atoms with Gasteiger partial charge in [-0.15, -0.1) is 0 Å². The van der Waals surface area contributed by atoms with Gasteiger partial charge >= 0.3 is 5.97 Å². The summed E-state index contributed by atoms with van der Waals surface area (Å²) in [6.45, 7) is 4.38. The van der Waals surface area contributed by atoms with E-state index in [1.165, 1.54) is 38.2 Å². The number of ether oxygens (including phenoxy) is 1. The first-order valence-electron chi connectivity index (χ1n) is 9.18. The van der Waals surface area contributed by atoms with E-state index in [-0.39, 0.29) is 17.4 Å². The quantitative estimate of drug-likeness (QED) is 0.387. The minimum atomic E-state index is -0.404. The zero-order valence-electron chi connectivity index (χ0n) is 14.7. The van der Waals surface area contributed by atoms with E-state index in [9.17, 15) is 9.90 Å². The summed E-state index contributed by atoms with van der Waals surface area (Å²) in [5, 5.41) is 9.78. The minimum Gasteiger partial charge on any atom is -0.507 e. The number of esters is 1. The van der Waals surface area contributed by atoms with Crippen LogP contribution in [0, 0.1) is 0 Å². The third kappa shape index (κ3) is 8.06. The Morgan fingerprint density at radius 3 is 2.17 bits per heavy atom. The standard InChI is InChI=1S/C20H32O3/c1-3-5-7-8-10-14-17(13-9-6-4-2)23-20(22)18-15-11-12-16-19(18)21/h11-12,15-17,21H,3-10,13-14H2,1-2H3. The number of carbonyl (C=O) groups is 1. The van der Waals surface area contributed by atoms with Crippen molar-refractivity contribution in [1.82, 2.24) is 0 Å².